The van der Waals surface area contributed by atoms with Crippen LogP contribution in [0.15, 0.2) is 12.1 Å². The van der Waals surface area contributed by atoms with E-state index in [2.05, 4.69) is 15.2 Å². The Morgan fingerprint density at radius 2 is 2.19 bits per heavy atom. The Morgan fingerprint density at radius 3 is 2.81 bits per heavy atom. The van der Waals surface area contributed by atoms with Crippen molar-refractivity contribution in [2.24, 2.45) is 0 Å². The van der Waals surface area contributed by atoms with Crippen molar-refractivity contribution >= 4 is 11.8 Å². The van der Waals surface area contributed by atoms with E-state index in [0.29, 0.717) is 19.0 Å². The average molecular weight is 295 g/mol. The van der Waals surface area contributed by atoms with Crippen LogP contribution in [0.25, 0.3) is 0 Å². The van der Waals surface area contributed by atoms with E-state index < -0.39 is 5.97 Å². The summed E-state index contributed by atoms with van der Waals surface area (Å²) in [6.45, 7) is 5.16. The molecule has 2 N–H and O–H groups in total. The molecule has 118 valence electrons. The molecule has 1 heterocycles. The summed E-state index contributed by atoms with van der Waals surface area (Å²) in [5, 5.41) is 12.3. The molecule has 0 unspecified atom stereocenters. The number of carboxylic acid groups (broad SMARTS) is 1. The largest absolute Gasteiger partial charge is 0.478 e. The van der Waals surface area contributed by atoms with E-state index in [9.17, 15) is 4.79 Å². The Morgan fingerprint density at radius 1 is 1.43 bits per heavy atom. The molecule has 0 aliphatic rings. The average Bonchev–Trinajstić information content (AvgIpc) is 2.45. The van der Waals surface area contributed by atoms with Crippen LogP contribution in [-0.4, -0.2) is 61.4 Å². The molecule has 0 aliphatic heterocycles. The quantitative estimate of drug-likeness (QED) is 0.684. The molecule has 1 rings (SSSR count). The molecule has 0 spiro atoms. The van der Waals surface area contributed by atoms with Crippen LogP contribution >= 0.6 is 0 Å². The lowest BCUT2D eigenvalue weighted by molar-refractivity contribution is 0.0696. The minimum Gasteiger partial charge on any atom is -0.478 e. The van der Waals surface area contributed by atoms with E-state index in [1.54, 1.807) is 19.2 Å². The second-order valence-corrected chi connectivity index (χ2v) is 5.01. The molecular formula is C15H25N3O3. The van der Waals surface area contributed by atoms with E-state index in [1.807, 2.05) is 14.0 Å². The number of hydrogen-bond donors (Lipinski definition) is 2. The molecule has 21 heavy (non-hydrogen) atoms. The predicted molar refractivity (Wildman–Crippen MR) is 83.1 cm³/mol. The summed E-state index contributed by atoms with van der Waals surface area (Å²) in [6, 6.07) is 3.22. The zero-order chi connectivity index (χ0) is 15.7. The third kappa shape index (κ3) is 6.55. The number of methoxy groups -OCH3 is 1. The molecule has 6 heteroatoms. The van der Waals surface area contributed by atoms with Gasteiger partial charge in [-0.1, -0.05) is 13.3 Å². The molecule has 0 radical (unpaired) electrons. The molecule has 0 atom stereocenters. The highest BCUT2D eigenvalue weighted by atomic mass is 16.5. The third-order valence-corrected chi connectivity index (χ3v) is 3.11. The van der Waals surface area contributed by atoms with Gasteiger partial charge in [-0.25, -0.2) is 9.78 Å². The number of carbonyl (C=O) groups is 1. The first-order valence-electron chi connectivity index (χ1n) is 7.22. The van der Waals surface area contributed by atoms with Crippen molar-refractivity contribution in [1.29, 1.82) is 0 Å². The standard InChI is InChI=1S/C15H25N3O3/c1-4-5-13-10-12(15(19)20)11-14(17-13)16-6-7-18(2)8-9-21-3/h10-11H,4-9H2,1-3H3,(H,16,17)(H,19,20). The smallest absolute Gasteiger partial charge is 0.335 e. The van der Waals surface area contributed by atoms with Crippen LogP contribution in [0, 0.1) is 0 Å². The lowest BCUT2D eigenvalue weighted by Crippen LogP contribution is -2.28. The Hall–Kier alpha value is -1.66. The highest BCUT2D eigenvalue weighted by Gasteiger charge is 2.08. The summed E-state index contributed by atoms with van der Waals surface area (Å²) < 4.78 is 5.02. The molecule has 6 nitrogen and oxygen atoms in total. The fourth-order valence-electron chi connectivity index (χ4n) is 1.92. The van der Waals surface area contributed by atoms with Crippen LogP contribution in [0.2, 0.25) is 0 Å². The number of nitrogens with one attached hydrogen (secondary N) is 1. The summed E-state index contributed by atoms with van der Waals surface area (Å²) in [5.74, 6) is -0.298. The number of rotatable bonds is 10. The Labute approximate surface area is 126 Å². The van der Waals surface area contributed by atoms with Crippen molar-refractivity contribution in [1.82, 2.24) is 9.88 Å². The maximum atomic E-state index is 11.1. The van der Waals surface area contributed by atoms with Gasteiger partial charge in [-0.3, -0.25) is 0 Å². The van der Waals surface area contributed by atoms with Gasteiger partial charge in [-0.05, 0) is 25.6 Å². The number of aromatic nitrogens is 1. The topological polar surface area (TPSA) is 74.7 Å². The molecule has 0 fully saturated rings. The van der Waals surface area contributed by atoms with Gasteiger partial charge in [0.05, 0.1) is 12.2 Å². The SMILES string of the molecule is CCCc1cc(C(=O)O)cc(NCCN(C)CCOC)n1. The normalized spacial score (nSPS) is 10.9. The monoisotopic (exact) mass is 295 g/mol. The van der Waals surface area contributed by atoms with Gasteiger partial charge in [0.1, 0.15) is 5.82 Å². The van der Waals surface area contributed by atoms with Crippen molar-refractivity contribution in [2.45, 2.75) is 19.8 Å². The third-order valence-electron chi connectivity index (χ3n) is 3.11. The molecule has 0 saturated carbocycles. The van der Waals surface area contributed by atoms with Gasteiger partial charge in [0.2, 0.25) is 0 Å². The number of anilines is 1. The van der Waals surface area contributed by atoms with Crippen LogP contribution in [0.4, 0.5) is 5.82 Å². The second kappa shape index (κ2) is 9.31. The first kappa shape index (κ1) is 17.4. The summed E-state index contributed by atoms with van der Waals surface area (Å²) in [6.07, 6.45) is 1.72. The van der Waals surface area contributed by atoms with Gasteiger partial charge in [0.25, 0.3) is 0 Å². The Bertz CT molecular complexity index is 452. The Balaban J connectivity index is 2.59. The maximum absolute atomic E-state index is 11.1. The molecule has 0 bridgehead atoms. The van der Waals surface area contributed by atoms with Crippen LogP contribution in [-0.2, 0) is 11.2 Å². The minimum absolute atomic E-state index is 0.281. The van der Waals surface area contributed by atoms with Gasteiger partial charge in [-0.15, -0.1) is 0 Å². The number of ether oxygens (including phenoxy) is 1. The maximum Gasteiger partial charge on any atom is 0.335 e. The van der Waals surface area contributed by atoms with Crippen molar-refractivity contribution in [2.75, 3.05) is 45.7 Å². The number of aromatic carboxylic acids is 1. The van der Waals surface area contributed by atoms with Crippen molar-refractivity contribution < 1.29 is 14.6 Å². The van der Waals surface area contributed by atoms with Crippen LogP contribution < -0.4 is 5.32 Å². The highest BCUT2D eigenvalue weighted by Crippen LogP contribution is 2.12. The summed E-state index contributed by atoms with van der Waals surface area (Å²) in [4.78, 5) is 17.7. The number of nitrogens with zero attached hydrogens (tertiary/aromatic N) is 2. The number of hydrogen-bond acceptors (Lipinski definition) is 5. The molecule has 1 aromatic heterocycles. The molecule has 1 aromatic rings. The minimum atomic E-state index is -0.921. The summed E-state index contributed by atoms with van der Waals surface area (Å²) in [5.41, 5.74) is 1.09. The Kier molecular flexibility index (Phi) is 7.71. The van der Waals surface area contributed by atoms with E-state index in [0.717, 1.165) is 31.6 Å². The molecular weight excluding hydrogens is 270 g/mol. The number of likely N-dealkylation sites (N-methyl/N-ethyl adjacent to an activating group) is 1. The zero-order valence-corrected chi connectivity index (χ0v) is 13.1. The van der Waals surface area contributed by atoms with E-state index in [4.69, 9.17) is 9.84 Å². The van der Waals surface area contributed by atoms with Gasteiger partial charge in [0, 0.05) is 32.4 Å². The fourth-order valence-corrected chi connectivity index (χ4v) is 1.92. The summed E-state index contributed by atoms with van der Waals surface area (Å²) >= 11 is 0. The lowest BCUT2D eigenvalue weighted by Gasteiger charge is -2.16. The van der Waals surface area contributed by atoms with Crippen molar-refractivity contribution in [3.8, 4) is 0 Å². The summed E-state index contributed by atoms with van der Waals surface area (Å²) in [7, 11) is 3.70. The van der Waals surface area contributed by atoms with Gasteiger partial charge in [0.15, 0.2) is 0 Å². The number of aryl methyl sites for hydroxylation is 1. The second-order valence-electron chi connectivity index (χ2n) is 5.01. The predicted octanol–water partition coefficient (Wildman–Crippen LogP) is 1.72. The molecule has 0 aromatic carbocycles. The van der Waals surface area contributed by atoms with Gasteiger partial charge >= 0.3 is 5.97 Å². The van der Waals surface area contributed by atoms with E-state index >= 15 is 0 Å². The van der Waals surface area contributed by atoms with Crippen LogP contribution in [0.3, 0.4) is 0 Å². The number of carboxylic acids is 1. The van der Waals surface area contributed by atoms with E-state index in [-0.39, 0.29) is 5.56 Å². The van der Waals surface area contributed by atoms with Crippen LogP contribution in [0.5, 0.6) is 0 Å². The van der Waals surface area contributed by atoms with Crippen molar-refractivity contribution in [3.05, 3.63) is 23.4 Å². The molecule has 0 saturated heterocycles. The number of pyridine rings is 1. The first-order valence-corrected chi connectivity index (χ1v) is 7.22. The van der Waals surface area contributed by atoms with Gasteiger partial charge < -0.3 is 20.1 Å². The lowest BCUT2D eigenvalue weighted by atomic mass is 10.1. The zero-order valence-electron chi connectivity index (χ0n) is 13.1. The highest BCUT2D eigenvalue weighted by molar-refractivity contribution is 5.88. The van der Waals surface area contributed by atoms with E-state index in [1.165, 1.54) is 0 Å². The first-order chi connectivity index (χ1) is 10.1. The molecule has 0 amide bonds. The fraction of sp³-hybridized carbons (Fsp3) is 0.600. The van der Waals surface area contributed by atoms with Gasteiger partial charge in [-0.2, -0.15) is 0 Å². The molecule has 0 aliphatic carbocycles. The van der Waals surface area contributed by atoms with Crippen molar-refractivity contribution in [3.63, 3.8) is 0 Å². The van der Waals surface area contributed by atoms with Crippen LogP contribution in [0.1, 0.15) is 29.4 Å².